The van der Waals surface area contributed by atoms with Gasteiger partial charge in [0.25, 0.3) is 0 Å². The summed E-state index contributed by atoms with van der Waals surface area (Å²) in [6.45, 7) is 1.69. The summed E-state index contributed by atoms with van der Waals surface area (Å²) in [7, 11) is 2.51. The van der Waals surface area contributed by atoms with Crippen molar-refractivity contribution < 1.29 is 38.9 Å². The molecule has 2 aromatic rings. The first kappa shape index (κ1) is 22.0. The number of rotatable bonds is 7. The second-order valence-electron chi connectivity index (χ2n) is 7.09. The third-order valence-corrected chi connectivity index (χ3v) is 5.43. The van der Waals surface area contributed by atoms with Gasteiger partial charge in [-0.25, -0.2) is 0 Å². The number of esters is 1. The van der Waals surface area contributed by atoms with Crippen LogP contribution in [0.1, 0.15) is 62.7 Å². The van der Waals surface area contributed by atoms with Crippen molar-refractivity contribution in [3.63, 3.8) is 0 Å². The predicted octanol–water partition coefficient (Wildman–Crippen LogP) is 2.51. The van der Waals surface area contributed by atoms with Crippen molar-refractivity contribution in [2.75, 3.05) is 14.2 Å². The maximum absolute atomic E-state index is 13.3. The molecule has 8 nitrogen and oxygen atoms in total. The maximum Gasteiger partial charge on any atom is 0.310 e. The summed E-state index contributed by atoms with van der Waals surface area (Å²) in [5.74, 6) is -3.15. The van der Waals surface area contributed by atoms with Crippen LogP contribution in [0.5, 0.6) is 17.2 Å². The molecule has 162 valence electrons. The molecule has 0 unspecified atom stereocenters. The number of ketones is 3. The van der Waals surface area contributed by atoms with Crippen LogP contribution in [0.25, 0.3) is 0 Å². The first-order valence-corrected chi connectivity index (χ1v) is 9.71. The van der Waals surface area contributed by atoms with Crippen molar-refractivity contribution >= 4 is 23.3 Å². The molecular weight excluding hydrogens is 404 g/mol. The van der Waals surface area contributed by atoms with E-state index in [1.807, 2.05) is 0 Å². The molecule has 0 atom stereocenters. The van der Waals surface area contributed by atoms with Crippen LogP contribution >= 0.6 is 0 Å². The van der Waals surface area contributed by atoms with Crippen molar-refractivity contribution in [3.8, 4) is 17.2 Å². The largest absolute Gasteiger partial charge is 0.507 e. The lowest BCUT2D eigenvalue weighted by molar-refractivity contribution is -0.139. The highest BCUT2D eigenvalue weighted by Crippen LogP contribution is 2.45. The van der Waals surface area contributed by atoms with Gasteiger partial charge in [-0.15, -0.1) is 0 Å². The normalized spacial score (nSPS) is 12.2. The second kappa shape index (κ2) is 8.59. The molecule has 0 spiro atoms. The van der Waals surface area contributed by atoms with E-state index in [-0.39, 0.29) is 64.2 Å². The number of hydrogen-bond donors (Lipinski definition) is 2. The predicted molar refractivity (Wildman–Crippen MR) is 109 cm³/mol. The van der Waals surface area contributed by atoms with E-state index in [0.717, 1.165) is 7.11 Å². The van der Waals surface area contributed by atoms with E-state index in [2.05, 4.69) is 4.74 Å². The number of phenolic OH excluding ortho intramolecular Hbond substituents is 2. The molecule has 0 heterocycles. The second-order valence-corrected chi connectivity index (χ2v) is 7.09. The van der Waals surface area contributed by atoms with Gasteiger partial charge in [-0.05, 0) is 12.5 Å². The summed E-state index contributed by atoms with van der Waals surface area (Å²) < 4.78 is 9.87. The van der Waals surface area contributed by atoms with E-state index in [0.29, 0.717) is 0 Å². The Labute approximate surface area is 178 Å². The zero-order chi connectivity index (χ0) is 22.9. The number of phenols is 2. The molecule has 0 aromatic heterocycles. The highest BCUT2D eigenvalue weighted by molar-refractivity contribution is 6.31. The Balaban J connectivity index is 2.29. The van der Waals surface area contributed by atoms with Gasteiger partial charge in [0.15, 0.2) is 5.78 Å². The molecule has 1 aliphatic carbocycles. The minimum atomic E-state index is -0.714. The molecule has 8 heteroatoms. The van der Waals surface area contributed by atoms with Gasteiger partial charge in [-0.3, -0.25) is 19.2 Å². The lowest BCUT2D eigenvalue weighted by atomic mass is 9.79. The van der Waals surface area contributed by atoms with E-state index < -0.39 is 35.5 Å². The molecule has 0 saturated carbocycles. The lowest BCUT2D eigenvalue weighted by Crippen LogP contribution is -2.24. The zero-order valence-electron chi connectivity index (χ0n) is 17.4. The Hall–Kier alpha value is -3.68. The van der Waals surface area contributed by atoms with Crippen molar-refractivity contribution in [1.29, 1.82) is 0 Å². The SMILES string of the molecule is CCC(=O)CCc1c(O)c2c(c(O)c1CC(=O)OC)C(=O)c1cccc(OC)c1C2=O. The van der Waals surface area contributed by atoms with Gasteiger partial charge in [0.2, 0.25) is 5.78 Å². The molecule has 3 rings (SSSR count). The van der Waals surface area contributed by atoms with E-state index in [9.17, 15) is 29.4 Å². The standard InChI is InChI=1S/C23H22O8/c1-4-11(24)8-9-12-14(10-16(25)31-3)22(28)18-19(20(12)26)23(29)17-13(21(18)27)6-5-7-15(17)30-2/h5-7,26,28H,4,8-10H2,1-3H3. The molecule has 2 N–H and O–H groups in total. The van der Waals surface area contributed by atoms with Crippen LogP contribution < -0.4 is 4.74 Å². The first-order valence-electron chi connectivity index (χ1n) is 9.71. The Morgan fingerprint density at radius 2 is 1.58 bits per heavy atom. The van der Waals surface area contributed by atoms with Crippen LogP contribution in [0.15, 0.2) is 18.2 Å². The molecule has 1 aliphatic rings. The number of carbonyl (C=O) groups excluding carboxylic acids is 4. The van der Waals surface area contributed by atoms with Gasteiger partial charge in [-0.2, -0.15) is 0 Å². The molecule has 0 amide bonds. The summed E-state index contributed by atoms with van der Waals surface area (Å²) in [5.41, 5.74) is -0.736. The number of ether oxygens (including phenoxy) is 2. The van der Waals surface area contributed by atoms with E-state index in [1.165, 1.54) is 25.3 Å². The van der Waals surface area contributed by atoms with Gasteiger partial charge in [-0.1, -0.05) is 19.1 Å². The third-order valence-electron chi connectivity index (χ3n) is 5.43. The molecule has 0 aliphatic heterocycles. The Morgan fingerprint density at radius 1 is 0.935 bits per heavy atom. The average molecular weight is 426 g/mol. The van der Waals surface area contributed by atoms with Gasteiger partial charge in [0, 0.05) is 29.5 Å². The maximum atomic E-state index is 13.3. The van der Waals surface area contributed by atoms with E-state index in [1.54, 1.807) is 6.92 Å². The fourth-order valence-electron chi connectivity index (χ4n) is 3.77. The molecule has 0 bridgehead atoms. The van der Waals surface area contributed by atoms with Crippen molar-refractivity contribution in [3.05, 3.63) is 51.6 Å². The van der Waals surface area contributed by atoms with Crippen LogP contribution in [0.3, 0.4) is 0 Å². The van der Waals surface area contributed by atoms with Crippen LogP contribution in [0.4, 0.5) is 0 Å². The minimum absolute atomic E-state index is 0.0180. The van der Waals surface area contributed by atoms with Crippen LogP contribution in [-0.4, -0.2) is 47.8 Å². The number of aromatic hydroxyl groups is 2. The summed E-state index contributed by atoms with van der Waals surface area (Å²) in [4.78, 5) is 50.2. The van der Waals surface area contributed by atoms with Crippen molar-refractivity contribution in [2.24, 2.45) is 0 Å². The van der Waals surface area contributed by atoms with Gasteiger partial charge in [0.05, 0.1) is 37.3 Å². The number of hydrogen-bond acceptors (Lipinski definition) is 8. The van der Waals surface area contributed by atoms with Crippen molar-refractivity contribution in [1.82, 2.24) is 0 Å². The smallest absolute Gasteiger partial charge is 0.310 e. The number of fused-ring (bicyclic) bond motifs is 2. The topological polar surface area (TPSA) is 127 Å². The first-order chi connectivity index (χ1) is 14.8. The highest BCUT2D eigenvalue weighted by atomic mass is 16.5. The van der Waals surface area contributed by atoms with Gasteiger partial charge >= 0.3 is 5.97 Å². The molecule has 31 heavy (non-hydrogen) atoms. The van der Waals surface area contributed by atoms with Crippen LogP contribution in [0, 0.1) is 0 Å². The van der Waals surface area contributed by atoms with E-state index in [4.69, 9.17) is 4.74 Å². The zero-order valence-corrected chi connectivity index (χ0v) is 17.4. The highest BCUT2D eigenvalue weighted by Gasteiger charge is 2.39. The fraction of sp³-hybridized carbons (Fsp3) is 0.304. The molecule has 0 radical (unpaired) electrons. The van der Waals surface area contributed by atoms with Gasteiger partial charge < -0.3 is 19.7 Å². The monoisotopic (exact) mass is 426 g/mol. The molecule has 0 saturated heterocycles. The van der Waals surface area contributed by atoms with Gasteiger partial charge in [0.1, 0.15) is 23.0 Å². The Bertz CT molecular complexity index is 1110. The number of benzene rings is 2. The van der Waals surface area contributed by atoms with E-state index >= 15 is 0 Å². The number of methoxy groups -OCH3 is 2. The summed E-state index contributed by atoms with van der Waals surface area (Å²) in [6, 6.07) is 4.47. The molecular formula is C23H22O8. The summed E-state index contributed by atoms with van der Waals surface area (Å²) in [6.07, 6.45) is -0.165. The summed E-state index contributed by atoms with van der Waals surface area (Å²) >= 11 is 0. The molecule has 0 fully saturated rings. The van der Waals surface area contributed by atoms with Crippen LogP contribution in [0.2, 0.25) is 0 Å². The minimum Gasteiger partial charge on any atom is -0.507 e. The average Bonchev–Trinajstić information content (AvgIpc) is 2.78. The van der Waals surface area contributed by atoms with Crippen molar-refractivity contribution in [2.45, 2.75) is 32.6 Å². The third kappa shape index (κ3) is 3.65. The Morgan fingerprint density at radius 3 is 2.19 bits per heavy atom. The lowest BCUT2D eigenvalue weighted by Gasteiger charge is -2.24. The molecule has 2 aromatic carbocycles. The number of carbonyl (C=O) groups is 4. The number of Topliss-reactive ketones (excluding diaryl/α,β-unsaturated/α-hetero) is 1. The quantitative estimate of drug-likeness (QED) is 0.436. The van der Waals surface area contributed by atoms with Crippen LogP contribution in [-0.2, 0) is 27.2 Å². The summed E-state index contributed by atoms with van der Waals surface area (Å²) in [5, 5.41) is 21.9. The Kier molecular flexibility index (Phi) is 6.10. The fourth-order valence-corrected chi connectivity index (χ4v) is 3.77.